The van der Waals surface area contributed by atoms with E-state index in [2.05, 4.69) is 16.5 Å². The predicted octanol–water partition coefficient (Wildman–Crippen LogP) is 4.68. The van der Waals surface area contributed by atoms with E-state index in [1.165, 1.54) is 0 Å². The largest absolute Gasteiger partial charge is 0.454 e. The molecule has 0 radical (unpaired) electrons. The number of aryl methyl sites for hydroxylation is 1. The van der Waals surface area contributed by atoms with Crippen LogP contribution in [0.25, 0.3) is 11.3 Å². The van der Waals surface area contributed by atoms with Crippen LogP contribution in [0.4, 0.5) is 0 Å². The predicted molar refractivity (Wildman–Crippen MR) is 105 cm³/mol. The van der Waals surface area contributed by atoms with Crippen LogP contribution < -0.4 is 14.8 Å². The van der Waals surface area contributed by atoms with E-state index in [4.69, 9.17) is 37.2 Å². The monoisotopic (exact) mass is 429 g/mol. The van der Waals surface area contributed by atoms with Crippen molar-refractivity contribution < 1.29 is 18.8 Å². The molecule has 1 aliphatic rings. The first-order chi connectivity index (χ1) is 14.0. The molecule has 1 atom stereocenters. The van der Waals surface area contributed by atoms with Crippen LogP contribution in [-0.2, 0) is 0 Å². The molecule has 2 heterocycles. The smallest absolute Gasteiger partial charge is 0.258 e. The fraction of sp³-hybridized carbons (Fsp3) is 0.150. The topological polar surface area (TPSA) is 97.4 Å². The van der Waals surface area contributed by atoms with Crippen molar-refractivity contribution in [2.24, 2.45) is 0 Å². The summed E-state index contributed by atoms with van der Waals surface area (Å²) in [5, 5.41) is 16.9. The lowest BCUT2D eigenvalue weighted by Gasteiger charge is -2.13. The van der Waals surface area contributed by atoms with Crippen molar-refractivity contribution in [3.8, 4) is 28.8 Å². The van der Waals surface area contributed by atoms with Gasteiger partial charge in [0.2, 0.25) is 6.79 Å². The highest BCUT2D eigenvalue weighted by Gasteiger charge is 2.27. The zero-order valence-electron chi connectivity index (χ0n) is 15.0. The number of nitriles is 1. The molecule has 1 aliphatic heterocycles. The third-order valence-electron chi connectivity index (χ3n) is 4.42. The lowest BCUT2D eigenvalue weighted by molar-refractivity contribution is 0.0944. The Bertz CT molecular complexity index is 1130. The summed E-state index contributed by atoms with van der Waals surface area (Å²) in [4.78, 5) is 13.0. The van der Waals surface area contributed by atoms with Crippen molar-refractivity contribution in [2.45, 2.75) is 13.0 Å². The van der Waals surface area contributed by atoms with Crippen molar-refractivity contribution in [3.63, 3.8) is 0 Å². The van der Waals surface area contributed by atoms with E-state index in [9.17, 15) is 10.1 Å². The summed E-state index contributed by atoms with van der Waals surface area (Å²) in [6.45, 7) is 1.71. The number of ether oxygens (including phenoxy) is 2. The summed E-state index contributed by atoms with van der Waals surface area (Å²) < 4.78 is 15.8. The summed E-state index contributed by atoms with van der Waals surface area (Å²) >= 11 is 12.5. The van der Waals surface area contributed by atoms with Gasteiger partial charge >= 0.3 is 0 Å². The molecule has 2 aromatic carbocycles. The van der Waals surface area contributed by atoms with E-state index >= 15 is 0 Å². The Morgan fingerprint density at radius 2 is 1.93 bits per heavy atom. The average Bonchev–Trinajstić information content (AvgIpc) is 3.32. The van der Waals surface area contributed by atoms with Gasteiger partial charge in [-0.15, -0.1) is 0 Å². The second-order valence-electron chi connectivity index (χ2n) is 6.21. The fourth-order valence-corrected chi connectivity index (χ4v) is 3.60. The van der Waals surface area contributed by atoms with Crippen LogP contribution in [0.5, 0.6) is 11.5 Å². The van der Waals surface area contributed by atoms with Crippen LogP contribution in [0.2, 0.25) is 10.0 Å². The number of fused-ring (bicyclic) bond motifs is 1. The Labute approximate surface area is 175 Å². The summed E-state index contributed by atoms with van der Waals surface area (Å²) in [6, 6.07) is 11.1. The second kappa shape index (κ2) is 7.66. The van der Waals surface area contributed by atoms with Crippen LogP contribution >= 0.6 is 23.2 Å². The molecule has 0 spiro atoms. The first kappa shape index (κ1) is 19.1. The summed E-state index contributed by atoms with van der Waals surface area (Å²) in [5.74, 6) is 0.832. The number of nitrogens with zero attached hydrogens (tertiary/aromatic N) is 2. The fourth-order valence-electron chi connectivity index (χ4n) is 3.02. The molecule has 4 rings (SSSR count). The average molecular weight is 430 g/mol. The number of amides is 1. The number of carbonyl (C=O) groups excluding carboxylic acids is 1. The van der Waals surface area contributed by atoms with Gasteiger partial charge in [0.25, 0.3) is 5.91 Å². The molecule has 0 aliphatic carbocycles. The molecule has 0 bridgehead atoms. The van der Waals surface area contributed by atoms with E-state index in [1.807, 2.05) is 0 Å². The molecule has 29 heavy (non-hydrogen) atoms. The van der Waals surface area contributed by atoms with Gasteiger partial charge in [0, 0.05) is 5.56 Å². The van der Waals surface area contributed by atoms with Crippen molar-refractivity contribution in [1.29, 1.82) is 5.26 Å². The summed E-state index contributed by atoms with van der Waals surface area (Å²) in [6.07, 6.45) is 0. The van der Waals surface area contributed by atoms with E-state index in [0.717, 1.165) is 0 Å². The van der Waals surface area contributed by atoms with Crippen LogP contribution in [0, 0.1) is 18.3 Å². The second-order valence-corrected chi connectivity index (χ2v) is 7.02. The molecule has 9 heteroatoms. The van der Waals surface area contributed by atoms with E-state index in [0.29, 0.717) is 32.7 Å². The van der Waals surface area contributed by atoms with Gasteiger partial charge in [0.05, 0.1) is 16.1 Å². The summed E-state index contributed by atoms with van der Waals surface area (Å²) in [5.41, 5.74) is 1.30. The molecule has 1 unspecified atom stereocenters. The number of nitrogens with one attached hydrogen (secondary N) is 1. The van der Waals surface area contributed by atoms with E-state index < -0.39 is 11.9 Å². The van der Waals surface area contributed by atoms with Gasteiger partial charge in [-0.25, -0.2) is 0 Å². The zero-order valence-corrected chi connectivity index (χ0v) is 16.5. The van der Waals surface area contributed by atoms with Crippen LogP contribution in [-0.4, -0.2) is 17.9 Å². The van der Waals surface area contributed by atoms with Gasteiger partial charge in [0.1, 0.15) is 23.1 Å². The van der Waals surface area contributed by atoms with Gasteiger partial charge in [-0.05, 0) is 36.8 Å². The van der Waals surface area contributed by atoms with Crippen molar-refractivity contribution in [3.05, 3.63) is 63.3 Å². The van der Waals surface area contributed by atoms with Gasteiger partial charge in [-0.1, -0.05) is 40.5 Å². The minimum atomic E-state index is -0.930. The highest BCUT2D eigenvalue weighted by atomic mass is 35.5. The van der Waals surface area contributed by atoms with Gasteiger partial charge in [0.15, 0.2) is 11.5 Å². The number of benzene rings is 2. The quantitative estimate of drug-likeness (QED) is 0.646. The third-order valence-corrected chi connectivity index (χ3v) is 5.05. The molecule has 7 nitrogen and oxygen atoms in total. The summed E-state index contributed by atoms with van der Waals surface area (Å²) in [7, 11) is 0. The number of hydrogen-bond acceptors (Lipinski definition) is 6. The SMILES string of the molecule is Cc1onc(-c2c(Cl)cccc2Cl)c1C(=O)NC(C#N)c1ccc2c(c1)OCO2. The number of hydrogen-bond donors (Lipinski definition) is 1. The van der Waals surface area contributed by atoms with Crippen molar-refractivity contribution in [2.75, 3.05) is 6.79 Å². The molecule has 1 amide bonds. The van der Waals surface area contributed by atoms with E-state index in [-0.39, 0.29) is 23.8 Å². The minimum Gasteiger partial charge on any atom is -0.454 e. The Balaban J connectivity index is 1.67. The molecule has 1 aromatic heterocycles. The number of rotatable bonds is 4. The van der Waals surface area contributed by atoms with Gasteiger partial charge < -0.3 is 19.3 Å². The van der Waals surface area contributed by atoms with Crippen molar-refractivity contribution in [1.82, 2.24) is 10.5 Å². The van der Waals surface area contributed by atoms with Crippen molar-refractivity contribution >= 4 is 29.1 Å². The maximum atomic E-state index is 13.0. The molecule has 0 saturated carbocycles. The zero-order chi connectivity index (χ0) is 20.5. The molecular weight excluding hydrogens is 417 g/mol. The number of aromatic nitrogens is 1. The normalized spacial score (nSPS) is 13.0. The van der Waals surface area contributed by atoms with Crippen LogP contribution in [0.1, 0.15) is 27.7 Å². The van der Waals surface area contributed by atoms with Gasteiger partial charge in [-0.2, -0.15) is 5.26 Å². The maximum absolute atomic E-state index is 13.0. The Morgan fingerprint density at radius 1 is 1.21 bits per heavy atom. The number of halogens is 2. The molecule has 3 aromatic rings. The molecular formula is C20H13Cl2N3O4. The lowest BCUT2D eigenvalue weighted by atomic mass is 10.0. The molecule has 0 saturated heterocycles. The highest BCUT2D eigenvalue weighted by molar-refractivity contribution is 6.39. The Hall–Kier alpha value is -3.21. The van der Waals surface area contributed by atoms with E-state index in [1.54, 1.807) is 43.3 Å². The lowest BCUT2D eigenvalue weighted by Crippen LogP contribution is -2.28. The van der Waals surface area contributed by atoms with Crippen LogP contribution in [0.3, 0.4) is 0 Å². The first-order valence-corrected chi connectivity index (χ1v) is 9.26. The van der Waals surface area contributed by atoms with Crippen LogP contribution in [0.15, 0.2) is 40.9 Å². The highest BCUT2D eigenvalue weighted by Crippen LogP contribution is 2.37. The maximum Gasteiger partial charge on any atom is 0.258 e. The Kier molecular flexibility index (Phi) is 5.05. The molecule has 146 valence electrons. The Morgan fingerprint density at radius 3 is 2.66 bits per heavy atom. The number of carbonyl (C=O) groups is 1. The third kappa shape index (κ3) is 3.48. The standard InChI is InChI=1S/C20H13Cl2N3O4/c1-10-17(19(25-29-10)18-12(21)3-2-4-13(18)22)20(26)24-14(8-23)11-5-6-15-16(7-11)28-9-27-15/h2-7,14H,9H2,1H3,(H,24,26). The van der Waals surface area contributed by atoms with Gasteiger partial charge in [-0.3, -0.25) is 4.79 Å². The molecule has 0 fully saturated rings. The minimum absolute atomic E-state index is 0.115. The molecule has 1 N–H and O–H groups in total. The first-order valence-electron chi connectivity index (χ1n) is 8.50.